The lowest BCUT2D eigenvalue weighted by Gasteiger charge is -2.13. The first kappa shape index (κ1) is 13.3. The van der Waals surface area contributed by atoms with Gasteiger partial charge in [0.05, 0.1) is 11.4 Å². The van der Waals surface area contributed by atoms with E-state index in [0.29, 0.717) is 13.3 Å². The zero-order chi connectivity index (χ0) is 12.7. The summed E-state index contributed by atoms with van der Waals surface area (Å²) in [7, 11) is 3.49. The Labute approximate surface area is 102 Å². The molecule has 0 saturated heterocycles. The standard InChI is InChI=1S/C12H19N3O2/c1-9(16)14-7-10-4-5-11(13-2)12(6-10)15-8-17-3/h4-6,13,15H,7-8H2,1-3H3,(H,14,16). The summed E-state index contributed by atoms with van der Waals surface area (Å²) in [6.07, 6.45) is 0. The SMILES string of the molecule is CNc1ccc(CNC(C)=O)cc1NCOC. The molecule has 17 heavy (non-hydrogen) atoms. The fourth-order valence-electron chi connectivity index (χ4n) is 1.44. The average Bonchev–Trinajstić information content (AvgIpc) is 2.33. The number of carbonyl (C=O) groups is 1. The Hall–Kier alpha value is -1.75. The Kier molecular flexibility index (Phi) is 5.29. The molecule has 94 valence electrons. The van der Waals surface area contributed by atoms with Gasteiger partial charge >= 0.3 is 0 Å². The predicted molar refractivity (Wildman–Crippen MR) is 69.0 cm³/mol. The van der Waals surface area contributed by atoms with Crippen LogP contribution in [0.5, 0.6) is 0 Å². The molecule has 0 unspecified atom stereocenters. The van der Waals surface area contributed by atoms with Gasteiger partial charge in [-0.2, -0.15) is 0 Å². The molecule has 0 saturated carbocycles. The molecule has 0 spiro atoms. The Morgan fingerprint density at radius 3 is 2.71 bits per heavy atom. The van der Waals surface area contributed by atoms with E-state index in [1.807, 2.05) is 25.2 Å². The van der Waals surface area contributed by atoms with Gasteiger partial charge in [-0.25, -0.2) is 0 Å². The number of benzene rings is 1. The van der Waals surface area contributed by atoms with Crippen LogP contribution in [0, 0.1) is 0 Å². The normalized spacial score (nSPS) is 9.82. The number of ether oxygens (including phenoxy) is 1. The van der Waals surface area contributed by atoms with E-state index in [2.05, 4.69) is 16.0 Å². The van der Waals surface area contributed by atoms with Crippen LogP contribution in [-0.2, 0) is 16.1 Å². The third kappa shape index (κ3) is 4.32. The van der Waals surface area contributed by atoms with E-state index in [1.165, 1.54) is 6.92 Å². The highest BCUT2D eigenvalue weighted by molar-refractivity contribution is 5.73. The maximum Gasteiger partial charge on any atom is 0.217 e. The topological polar surface area (TPSA) is 62.4 Å². The van der Waals surface area contributed by atoms with Crippen LogP contribution < -0.4 is 16.0 Å². The van der Waals surface area contributed by atoms with Crippen molar-refractivity contribution >= 4 is 17.3 Å². The van der Waals surface area contributed by atoms with E-state index in [1.54, 1.807) is 7.11 Å². The molecule has 1 amide bonds. The van der Waals surface area contributed by atoms with Crippen molar-refractivity contribution in [3.63, 3.8) is 0 Å². The van der Waals surface area contributed by atoms with Crippen LogP contribution in [0.15, 0.2) is 18.2 Å². The molecule has 0 aliphatic carbocycles. The number of methoxy groups -OCH3 is 1. The van der Waals surface area contributed by atoms with Crippen molar-refractivity contribution in [2.24, 2.45) is 0 Å². The van der Waals surface area contributed by atoms with Crippen molar-refractivity contribution in [2.45, 2.75) is 13.5 Å². The predicted octanol–water partition coefficient (Wildman–Crippen LogP) is 1.38. The Balaban J connectivity index is 2.76. The molecule has 0 atom stereocenters. The van der Waals surface area contributed by atoms with Crippen LogP contribution in [0.4, 0.5) is 11.4 Å². The van der Waals surface area contributed by atoms with E-state index in [4.69, 9.17) is 4.74 Å². The van der Waals surface area contributed by atoms with Gasteiger partial charge < -0.3 is 20.7 Å². The molecule has 0 bridgehead atoms. The Morgan fingerprint density at radius 2 is 2.12 bits per heavy atom. The lowest BCUT2D eigenvalue weighted by Crippen LogP contribution is -2.19. The second-order valence-electron chi connectivity index (χ2n) is 3.65. The number of hydrogen-bond acceptors (Lipinski definition) is 4. The number of amides is 1. The Morgan fingerprint density at radius 1 is 1.35 bits per heavy atom. The van der Waals surface area contributed by atoms with Gasteiger partial charge in [-0.1, -0.05) is 6.07 Å². The van der Waals surface area contributed by atoms with Crippen LogP contribution in [0.3, 0.4) is 0 Å². The molecule has 1 rings (SSSR count). The zero-order valence-electron chi connectivity index (χ0n) is 10.5. The van der Waals surface area contributed by atoms with E-state index >= 15 is 0 Å². The summed E-state index contributed by atoms with van der Waals surface area (Å²) >= 11 is 0. The van der Waals surface area contributed by atoms with Gasteiger partial charge in [0.2, 0.25) is 5.91 Å². The fourth-order valence-corrected chi connectivity index (χ4v) is 1.44. The molecule has 0 aromatic heterocycles. The summed E-state index contributed by atoms with van der Waals surface area (Å²) in [6, 6.07) is 5.93. The summed E-state index contributed by atoms with van der Waals surface area (Å²) in [4.78, 5) is 10.8. The number of anilines is 2. The van der Waals surface area contributed by atoms with Crippen molar-refractivity contribution in [1.82, 2.24) is 5.32 Å². The van der Waals surface area contributed by atoms with Gasteiger partial charge in [0, 0.05) is 27.6 Å². The quantitative estimate of drug-likeness (QED) is 0.654. The molecular weight excluding hydrogens is 218 g/mol. The molecular formula is C12H19N3O2. The number of nitrogens with one attached hydrogen (secondary N) is 3. The summed E-state index contributed by atoms with van der Waals surface area (Å²) in [5, 5.41) is 9.00. The van der Waals surface area contributed by atoms with Gasteiger partial charge in [0.1, 0.15) is 6.73 Å². The first-order chi connectivity index (χ1) is 8.17. The monoisotopic (exact) mass is 237 g/mol. The summed E-state index contributed by atoms with van der Waals surface area (Å²) in [5.74, 6) is -0.0332. The maximum absolute atomic E-state index is 10.8. The minimum atomic E-state index is -0.0332. The molecule has 5 nitrogen and oxygen atoms in total. The first-order valence-corrected chi connectivity index (χ1v) is 5.45. The molecule has 0 heterocycles. The maximum atomic E-state index is 10.8. The van der Waals surface area contributed by atoms with Crippen molar-refractivity contribution in [1.29, 1.82) is 0 Å². The molecule has 0 aliphatic rings. The first-order valence-electron chi connectivity index (χ1n) is 5.45. The van der Waals surface area contributed by atoms with Crippen molar-refractivity contribution < 1.29 is 9.53 Å². The van der Waals surface area contributed by atoms with Crippen LogP contribution >= 0.6 is 0 Å². The van der Waals surface area contributed by atoms with Crippen molar-refractivity contribution in [3.05, 3.63) is 23.8 Å². The third-order valence-electron chi connectivity index (χ3n) is 2.30. The van der Waals surface area contributed by atoms with Gasteiger partial charge in [-0.3, -0.25) is 4.79 Å². The number of rotatable bonds is 6. The lowest BCUT2D eigenvalue weighted by atomic mass is 10.1. The van der Waals surface area contributed by atoms with Crippen molar-refractivity contribution in [2.75, 3.05) is 31.5 Å². The van der Waals surface area contributed by atoms with Gasteiger partial charge in [-0.05, 0) is 17.7 Å². The van der Waals surface area contributed by atoms with Crippen LogP contribution in [0.2, 0.25) is 0 Å². The molecule has 1 aromatic carbocycles. The van der Waals surface area contributed by atoms with E-state index in [-0.39, 0.29) is 5.91 Å². The summed E-state index contributed by atoms with van der Waals surface area (Å²) in [6.45, 7) is 2.48. The minimum Gasteiger partial charge on any atom is -0.386 e. The van der Waals surface area contributed by atoms with Gasteiger partial charge in [0.15, 0.2) is 0 Å². The lowest BCUT2D eigenvalue weighted by molar-refractivity contribution is -0.119. The third-order valence-corrected chi connectivity index (χ3v) is 2.30. The highest BCUT2D eigenvalue weighted by atomic mass is 16.5. The largest absolute Gasteiger partial charge is 0.386 e. The van der Waals surface area contributed by atoms with Crippen LogP contribution in [-0.4, -0.2) is 26.8 Å². The minimum absolute atomic E-state index is 0.0332. The van der Waals surface area contributed by atoms with Gasteiger partial charge in [0.25, 0.3) is 0 Å². The number of carbonyl (C=O) groups excluding carboxylic acids is 1. The molecule has 5 heteroatoms. The smallest absolute Gasteiger partial charge is 0.217 e. The summed E-state index contributed by atoms with van der Waals surface area (Å²) < 4.78 is 4.97. The van der Waals surface area contributed by atoms with Crippen LogP contribution in [0.1, 0.15) is 12.5 Å². The number of hydrogen-bond donors (Lipinski definition) is 3. The average molecular weight is 237 g/mol. The van der Waals surface area contributed by atoms with Crippen molar-refractivity contribution in [3.8, 4) is 0 Å². The highest BCUT2D eigenvalue weighted by Gasteiger charge is 2.02. The molecule has 0 radical (unpaired) electrons. The molecule has 3 N–H and O–H groups in total. The van der Waals surface area contributed by atoms with Gasteiger partial charge in [-0.15, -0.1) is 0 Å². The zero-order valence-corrected chi connectivity index (χ0v) is 10.5. The van der Waals surface area contributed by atoms with E-state index < -0.39 is 0 Å². The molecule has 1 aromatic rings. The molecule has 0 fully saturated rings. The van der Waals surface area contributed by atoms with E-state index in [0.717, 1.165) is 16.9 Å². The van der Waals surface area contributed by atoms with Crippen LogP contribution in [0.25, 0.3) is 0 Å². The second-order valence-corrected chi connectivity index (χ2v) is 3.65. The molecule has 0 aliphatic heterocycles. The Bertz CT molecular complexity index is 380. The second kappa shape index (κ2) is 6.75. The summed E-state index contributed by atoms with van der Waals surface area (Å²) in [5.41, 5.74) is 2.99. The van der Waals surface area contributed by atoms with E-state index in [9.17, 15) is 4.79 Å². The highest BCUT2D eigenvalue weighted by Crippen LogP contribution is 2.22. The fraction of sp³-hybridized carbons (Fsp3) is 0.417.